The Kier molecular flexibility index (Phi) is 4.15. The summed E-state index contributed by atoms with van der Waals surface area (Å²) in [6, 6.07) is 6.65. The molecule has 3 N–H and O–H groups in total. The van der Waals surface area contributed by atoms with Crippen molar-refractivity contribution in [3.63, 3.8) is 0 Å². The van der Waals surface area contributed by atoms with Crippen molar-refractivity contribution < 1.29 is 0 Å². The summed E-state index contributed by atoms with van der Waals surface area (Å²) in [5, 5.41) is 3.41. The average molecular weight is 206 g/mol. The van der Waals surface area contributed by atoms with Gasteiger partial charge in [-0.2, -0.15) is 0 Å². The van der Waals surface area contributed by atoms with Crippen LogP contribution in [0.2, 0.25) is 0 Å². The van der Waals surface area contributed by atoms with Crippen LogP contribution < -0.4 is 11.1 Å². The Balaban J connectivity index is 2.61. The Hall–Kier alpha value is -1.02. The van der Waals surface area contributed by atoms with Crippen molar-refractivity contribution in [3.8, 4) is 0 Å². The number of benzene rings is 1. The van der Waals surface area contributed by atoms with Gasteiger partial charge < -0.3 is 11.1 Å². The van der Waals surface area contributed by atoms with Crippen LogP contribution in [-0.2, 0) is 0 Å². The minimum Gasteiger partial charge on any atom is -0.383 e. The van der Waals surface area contributed by atoms with Gasteiger partial charge in [0.05, 0.1) is 0 Å². The molecule has 15 heavy (non-hydrogen) atoms. The molecule has 0 bridgehead atoms. The third kappa shape index (κ3) is 3.56. The molecule has 0 heterocycles. The zero-order chi connectivity index (χ0) is 11.4. The largest absolute Gasteiger partial charge is 0.383 e. The van der Waals surface area contributed by atoms with Crippen molar-refractivity contribution in [1.82, 2.24) is 0 Å². The van der Waals surface area contributed by atoms with Gasteiger partial charge in [0.2, 0.25) is 0 Å². The maximum absolute atomic E-state index is 5.99. The highest BCUT2D eigenvalue weighted by Gasteiger charge is 2.07. The molecule has 1 rings (SSSR count). The molecule has 0 aliphatic rings. The van der Waals surface area contributed by atoms with E-state index < -0.39 is 0 Å². The molecule has 0 aliphatic carbocycles. The van der Waals surface area contributed by atoms with Crippen LogP contribution in [0.4, 0.5) is 5.69 Å². The summed E-state index contributed by atoms with van der Waals surface area (Å²) in [5.74, 6) is 0.516. The molecule has 0 fully saturated rings. The second kappa shape index (κ2) is 5.17. The van der Waals surface area contributed by atoms with Crippen LogP contribution in [0.1, 0.15) is 25.0 Å². The van der Waals surface area contributed by atoms with Crippen molar-refractivity contribution in [2.75, 3.05) is 11.9 Å². The van der Waals surface area contributed by atoms with Crippen LogP contribution in [0.25, 0.3) is 0 Å². The molecule has 0 spiro atoms. The Bertz CT molecular complexity index is 318. The molecule has 2 nitrogen and oxygen atoms in total. The standard InChI is InChI=1S/C13H22N2/c1-9(2)12(14)8-15-13-7-10(3)5-6-11(13)4/h5-7,9,12,15H,8,14H2,1-4H3. The number of nitrogens with one attached hydrogen (secondary N) is 1. The zero-order valence-electron chi connectivity index (χ0n) is 10.2. The fourth-order valence-electron chi connectivity index (χ4n) is 1.39. The maximum Gasteiger partial charge on any atom is 0.0373 e. The lowest BCUT2D eigenvalue weighted by atomic mass is 10.1. The smallest absolute Gasteiger partial charge is 0.0373 e. The fourth-order valence-corrected chi connectivity index (χ4v) is 1.39. The predicted molar refractivity (Wildman–Crippen MR) is 67.2 cm³/mol. The number of hydrogen-bond donors (Lipinski definition) is 2. The van der Waals surface area contributed by atoms with Gasteiger partial charge in [-0.25, -0.2) is 0 Å². The van der Waals surface area contributed by atoms with Crippen LogP contribution in [0.3, 0.4) is 0 Å². The molecule has 0 saturated heterocycles. The van der Waals surface area contributed by atoms with E-state index >= 15 is 0 Å². The number of anilines is 1. The molecule has 0 aliphatic heterocycles. The fraction of sp³-hybridized carbons (Fsp3) is 0.538. The van der Waals surface area contributed by atoms with Gasteiger partial charge in [0.1, 0.15) is 0 Å². The van der Waals surface area contributed by atoms with Crippen LogP contribution in [0.5, 0.6) is 0 Å². The first kappa shape index (κ1) is 12.1. The van der Waals surface area contributed by atoms with Gasteiger partial charge >= 0.3 is 0 Å². The summed E-state index contributed by atoms with van der Waals surface area (Å²) in [6.07, 6.45) is 0. The van der Waals surface area contributed by atoms with E-state index in [1.807, 2.05) is 0 Å². The van der Waals surface area contributed by atoms with Gasteiger partial charge in [0.25, 0.3) is 0 Å². The van der Waals surface area contributed by atoms with E-state index in [2.05, 4.69) is 51.2 Å². The molecule has 84 valence electrons. The first-order valence-electron chi connectivity index (χ1n) is 5.57. The van der Waals surface area contributed by atoms with Gasteiger partial charge in [-0.1, -0.05) is 26.0 Å². The highest BCUT2D eigenvalue weighted by Crippen LogP contribution is 2.16. The summed E-state index contributed by atoms with van der Waals surface area (Å²) >= 11 is 0. The zero-order valence-corrected chi connectivity index (χ0v) is 10.2. The van der Waals surface area contributed by atoms with E-state index in [0.717, 1.165) is 6.54 Å². The number of rotatable bonds is 4. The molecule has 1 aromatic rings. The molecule has 0 saturated carbocycles. The Labute approximate surface area is 92.9 Å². The lowest BCUT2D eigenvalue weighted by Gasteiger charge is -2.18. The molecule has 1 unspecified atom stereocenters. The quantitative estimate of drug-likeness (QED) is 0.795. The minimum absolute atomic E-state index is 0.213. The summed E-state index contributed by atoms with van der Waals surface area (Å²) in [6.45, 7) is 9.35. The molecule has 1 aromatic carbocycles. The van der Waals surface area contributed by atoms with E-state index in [0.29, 0.717) is 5.92 Å². The highest BCUT2D eigenvalue weighted by atomic mass is 14.9. The third-order valence-corrected chi connectivity index (χ3v) is 2.78. The van der Waals surface area contributed by atoms with Crippen LogP contribution in [0.15, 0.2) is 18.2 Å². The maximum atomic E-state index is 5.99. The minimum atomic E-state index is 0.213. The van der Waals surface area contributed by atoms with E-state index in [1.165, 1.54) is 16.8 Å². The first-order valence-corrected chi connectivity index (χ1v) is 5.57. The van der Waals surface area contributed by atoms with Crippen LogP contribution >= 0.6 is 0 Å². The number of aryl methyl sites for hydroxylation is 2. The van der Waals surface area contributed by atoms with E-state index in [1.54, 1.807) is 0 Å². The van der Waals surface area contributed by atoms with Gasteiger partial charge in [0.15, 0.2) is 0 Å². The molecule has 0 amide bonds. The van der Waals surface area contributed by atoms with Gasteiger partial charge in [-0.15, -0.1) is 0 Å². The SMILES string of the molecule is Cc1ccc(C)c(NCC(N)C(C)C)c1. The summed E-state index contributed by atoms with van der Waals surface area (Å²) < 4.78 is 0. The van der Waals surface area contributed by atoms with Crippen LogP contribution in [0, 0.1) is 19.8 Å². The van der Waals surface area contributed by atoms with Gasteiger partial charge in [-0.3, -0.25) is 0 Å². The van der Waals surface area contributed by atoms with E-state index in [-0.39, 0.29) is 6.04 Å². The summed E-state index contributed by atoms with van der Waals surface area (Å²) in [7, 11) is 0. The Morgan fingerprint density at radius 1 is 1.27 bits per heavy atom. The second-order valence-corrected chi connectivity index (χ2v) is 4.61. The van der Waals surface area contributed by atoms with E-state index in [4.69, 9.17) is 5.73 Å². The Morgan fingerprint density at radius 3 is 2.53 bits per heavy atom. The Morgan fingerprint density at radius 2 is 1.93 bits per heavy atom. The predicted octanol–water partition coefficient (Wildman–Crippen LogP) is 2.70. The molecule has 1 atom stereocenters. The van der Waals surface area contributed by atoms with Gasteiger partial charge in [-0.05, 0) is 37.0 Å². The van der Waals surface area contributed by atoms with Crippen molar-refractivity contribution >= 4 is 5.69 Å². The molecule has 0 radical (unpaired) electrons. The molecule has 0 aromatic heterocycles. The lowest BCUT2D eigenvalue weighted by Crippen LogP contribution is -2.34. The lowest BCUT2D eigenvalue weighted by molar-refractivity contribution is 0.511. The first-order chi connectivity index (χ1) is 7.00. The van der Waals surface area contributed by atoms with Gasteiger partial charge in [0, 0.05) is 18.3 Å². The molecular weight excluding hydrogens is 184 g/mol. The number of nitrogens with two attached hydrogens (primary N) is 1. The van der Waals surface area contributed by atoms with Crippen LogP contribution in [-0.4, -0.2) is 12.6 Å². The monoisotopic (exact) mass is 206 g/mol. The topological polar surface area (TPSA) is 38.0 Å². The van der Waals surface area contributed by atoms with Crippen molar-refractivity contribution in [3.05, 3.63) is 29.3 Å². The average Bonchev–Trinajstić information content (AvgIpc) is 2.18. The summed E-state index contributed by atoms with van der Waals surface area (Å²) in [4.78, 5) is 0. The number of hydrogen-bond acceptors (Lipinski definition) is 2. The van der Waals surface area contributed by atoms with Crippen molar-refractivity contribution in [2.45, 2.75) is 33.7 Å². The third-order valence-electron chi connectivity index (χ3n) is 2.78. The normalized spacial score (nSPS) is 12.9. The molecular formula is C13H22N2. The van der Waals surface area contributed by atoms with E-state index in [9.17, 15) is 0 Å². The van der Waals surface area contributed by atoms with Crippen molar-refractivity contribution in [2.24, 2.45) is 11.7 Å². The highest BCUT2D eigenvalue weighted by molar-refractivity contribution is 5.52. The molecule has 2 heteroatoms. The van der Waals surface area contributed by atoms with Crippen molar-refractivity contribution in [1.29, 1.82) is 0 Å². The second-order valence-electron chi connectivity index (χ2n) is 4.61. The summed E-state index contributed by atoms with van der Waals surface area (Å²) in [5.41, 5.74) is 9.74.